The monoisotopic (exact) mass is 206 g/mol. The highest BCUT2D eigenvalue weighted by Crippen LogP contribution is 2.43. The summed E-state index contributed by atoms with van der Waals surface area (Å²) in [4.78, 5) is 1.34. The molecule has 3 heteroatoms. The summed E-state index contributed by atoms with van der Waals surface area (Å²) in [5.41, 5.74) is 7.81. The van der Waals surface area contributed by atoms with Crippen LogP contribution in [0.25, 0.3) is 0 Å². The van der Waals surface area contributed by atoms with Gasteiger partial charge in [-0.15, -0.1) is 11.3 Å². The summed E-state index contributed by atoms with van der Waals surface area (Å²) in [5.74, 6) is 1.16. The molecule has 0 amide bonds. The molecule has 2 rings (SSSR count). The van der Waals surface area contributed by atoms with Gasteiger partial charge in [0.1, 0.15) is 11.1 Å². The molecule has 1 heterocycles. The minimum atomic E-state index is 0.488. The summed E-state index contributed by atoms with van der Waals surface area (Å²) in [7, 11) is 0. The Hall–Kier alpha value is -1.01. The Morgan fingerprint density at radius 1 is 1.50 bits per heavy atom. The van der Waals surface area contributed by atoms with Crippen LogP contribution >= 0.6 is 11.3 Å². The van der Waals surface area contributed by atoms with Crippen LogP contribution in [0.1, 0.15) is 42.2 Å². The molecule has 0 saturated carbocycles. The molecule has 1 aromatic rings. The number of fused-ring (bicyclic) bond motifs is 1. The topological polar surface area (TPSA) is 49.8 Å². The summed E-state index contributed by atoms with van der Waals surface area (Å²) < 4.78 is 0. The van der Waals surface area contributed by atoms with Crippen LogP contribution in [0.4, 0.5) is 5.00 Å². The van der Waals surface area contributed by atoms with Crippen molar-refractivity contribution in [1.82, 2.24) is 0 Å². The van der Waals surface area contributed by atoms with Crippen LogP contribution in [0.5, 0.6) is 0 Å². The number of anilines is 1. The molecule has 74 valence electrons. The van der Waals surface area contributed by atoms with E-state index in [0.717, 1.165) is 12.0 Å². The number of nitriles is 1. The van der Waals surface area contributed by atoms with Crippen molar-refractivity contribution in [1.29, 1.82) is 5.26 Å². The van der Waals surface area contributed by atoms with E-state index in [2.05, 4.69) is 19.9 Å². The van der Waals surface area contributed by atoms with Crippen LogP contribution in [-0.4, -0.2) is 0 Å². The van der Waals surface area contributed by atoms with E-state index in [-0.39, 0.29) is 0 Å². The molecule has 0 radical (unpaired) electrons. The van der Waals surface area contributed by atoms with E-state index in [9.17, 15) is 0 Å². The van der Waals surface area contributed by atoms with Gasteiger partial charge in [0.15, 0.2) is 0 Å². The minimum absolute atomic E-state index is 0.488. The van der Waals surface area contributed by atoms with E-state index in [4.69, 9.17) is 11.0 Å². The molecule has 0 fully saturated rings. The molecular formula is C11H14N2S. The second-order valence-electron chi connectivity index (χ2n) is 4.09. The molecule has 0 spiro atoms. The second-order valence-corrected chi connectivity index (χ2v) is 5.23. The first kappa shape index (κ1) is 9.54. The van der Waals surface area contributed by atoms with E-state index in [1.165, 1.54) is 16.9 Å². The van der Waals surface area contributed by atoms with Gasteiger partial charge in [0.05, 0.1) is 5.56 Å². The quantitative estimate of drug-likeness (QED) is 0.709. The summed E-state index contributed by atoms with van der Waals surface area (Å²) in [6.07, 6.45) is 2.32. The number of aryl methyl sites for hydroxylation is 1. The van der Waals surface area contributed by atoms with Crippen LogP contribution < -0.4 is 5.73 Å². The summed E-state index contributed by atoms with van der Waals surface area (Å²) in [6.45, 7) is 4.46. The SMILES string of the molecule is C[C@@H]1CCc2sc(N)c(C#N)c2[C@H]1C. The number of nitrogens with zero attached hydrogens (tertiary/aromatic N) is 1. The molecule has 1 aromatic heterocycles. The van der Waals surface area contributed by atoms with Crippen LogP contribution in [0.3, 0.4) is 0 Å². The van der Waals surface area contributed by atoms with Crippen molar-refractivity contribution in [3.05, 3.63) is 16.0 Å². The Morgan fingerprint density at radius 2 is 2.21 bits per heavy atom. The van der Waals surface area contributed by atoms with E-state index >= 15 is 0 Å². The third kappa shape index (κ3) is 1.22. The average Bonchev–Trinajstić information content (AvgIpc) is 2.48. The molecule has 0 saturated heterocycles. The van der Waals surface area contributed by atoms with Gasteiger partial charge in [-0.1, -0.05) is 13.8 Å². The van der Waals surface area contributed by atoms with Crippen molar-refractivity contribution in [3.8, 4) is 6.07 Å². The molecule has 0 unspecified atom stereocenters. The standard InChI is InChI=1S/C11H14N2S/c1-6-3-4-9-10(7(6)2)8(5-12)11(13)14-9/h6-7H,3-4,13H2,1-2H3/t6-,7+/m1/s1. The number of nitrogens with two attached hydrogens (primary N) is 1. The lowest BCUT2D eigenvalue weighted by Gasteiger charge is -2.26. The third-order valence-electron chi connectivity index (χ3n) is 3.30. The van der Waals surface area contributed by atoms with Gasteiger partial charge >= 0.3 is 0 Å². The van der Waals surface area contributed by atoms with Crippen molar-refractivity contribution in [2.45, 2.75) is 32.6 Å². The predicted octanol–water partition coefficient (Wildman–Crippen LogP) is 2.89. The maximum Gasteiger partial charge on any atom is 0.104 e. The van der Waals surface area contributed by atoms with E-state index in [1.54, 1.807) is 11.3 Å². The largest absolute Gasteiger partial charge is 0.389 e. The van der Waals surface area contributed by atoms with Gasteiger partial charge in [-0.3, -0.25) is 0 Å². The van der Waals surface area contributed by atoms with Crippen molar-refractivity contribution in [2.24, 2.45) is 5.92 Å². The Bertz CT molecular complexity index is 400. The van der Waals surface area contributed by atoms with E-state index < -0.39 is 0 Å². The Kier molecular flexibility index (Phi) is 2.24. The zero-order valence-corrected chi connectivity index (χ0v) is 9.32. The van der Waals surface area contributed by atoms with Gasteiger partial charge in [-0.05, 0) is 30.2 Å². The van der Waals surface area contributed by atoms with Crippen LogP contribution in [0, 0.1) is 17.2 Å². The lowest BCUT2D eigenvalue weighted by molar-refractivity contribution is 0.430. The lowest BCUT2D eigenvalue weighted by atomic mass is 9.79. The fourth-order valence-corrected chi connectivity index (χ4v) is 3.33. The molecule has 2 nitrogen and oxygen atoms in total. The Morgan fingerprint density at radius 3 is 2.86 bits per heavy atom. The van der Waals surface area contributed by atoms with Crippen molar-refractivity contribution < 1.29 is 0 Å². The van der Waals surface area contributed by atoms with Crippen LogP contribution in [-0.2, 0) is 6.42 Å². The Labute approximate surface area is 88.4 Å². The zero-order valence-electron chi connectivity index (χ0n) is 8.50. The second kappa shape index (κ2) is 3.29. The number of rotatable bonds is 0. The van der Waals surface area contributed by atoms with Crippen molar-refractivity contribution in [3.63, 3.8) is 0 Å². The minimum Gasteiger partial charge on any atom is -0.389 e. The first-order chi connectivity index (χ1) is 6.65. The van der Waals surface area contributed by atoms with Gasteiger partial charge in [-0.2, -0.15) is 5.26 Å². The van der Waals surface area contributed by atoms with Gasteiger partial charge in [-0.25, -0.2) is 0 Å². The maximum atomic E-state index is 9.04. The maximum absolute atomic E-state index is 9.04. The Balaban J connectivity index is 2.58. The highest BCUT2D eigenvalue weighted by Gasteiger charge is 2.28. The fourth-order valence-electron chi connectivity index (χ4n) is 2.19. The number of hydrogen-bond acceptors (Lipinski definition) is 3. The summed E-state index contributed by atoms with van der Waals surface area (Å²) in [5, 5.41) is 9.75. The highest BCUT2D eigenvalue weighted by molar-refractivity contribution is 7.16. The molecular weight excluding hydrogens is 192 g/mol. The molecule has 1 aliphatic rings. The normalized spacial score (nSPS) is 25.5. The number of thiophene rings is 1. The molecule has 0 bridgehead atoms. The molecule has 14 heavy (non-hydrogen) atoms. The van der Waals surface area contributed by atoms with Gasteiger partial charge < -0.3 is 5.73 Å². The van der Waals surface area contributed by atoms with Gasteiger partial charge in [0, 0.05) is 4.88 Å². The van der Waals surface area contributed by atoms with Crippen molar-refractivity contribution in [2.75, 3.05) is 5.73 Å². The molecule has 1 aliphatic carbocycles. The number of hydrogen-bond donors (Lipinski definition) is 1. The van der Waals surface area contributed by atoms with Gasteiger partial charge in [0.2, 0.25) is 0 Å². The highest BCUT2D eigenvalue weighted by atomic mass is 32.1. The average molecular weight is 206 g/mol. The predicted molar refractivity (Wildman–Crippen MR) is 59.3 cm³/mol. The van der Waals surface area contributed by atoms with Crippen LogP contribution in [0.15, 0.2) is 0 Å². The molecule has 2 atom stereocenters. The molecule has 0 aromatic carbocycles. The first-order valence-corrected chi connectivity index (χ1v) is 5.78. The van der Waals surface area contributed by atoms with Gasteiger partial charge in [0.25, 0.3) is 0 Å². The van der Waals surface area contributed by atoms with Crippen molar-refractivity contribution >= 4 is 16.3 Å². The number of nitrogen functional groups attached to an aromatic ring is 1. The molecule has 2 N–H and O–H groups in total. The molecule has 0 aliphatic heterocycles. The third-order valence-corrected chi connectivity index (χ3v) is 4.39. The summed E-state index contributed by atoms with van der Waals surface area (Å²) >= 11 is 1.60. The van der Waals surface area contributed by atoms with E-state index in [1.807, 2.05) is 0 Å². The van der Waals surface area contributed by atoms with Crippen LogP contribution in [0.2, 0.25) is 0 Å². The fraction of sp³-hybridized carbons (Fsp3) is 0.545. The first-order valence-electron chi connectivity index (χ1n) is 4.96. The van der Waals surface area contributed by atoms with E-state index in [0.29, 0.717) is 16.8 Å². The summed E-state index contributed by atoms with van der Waals surface area (Å²) in [6, 6.07) is 2.24. The lowest BCUT2D eigenvalue weighted by Crippen LogP contribution is -2.14. The smallest absolute Gasteiger partial charge is 0.104 e. The zero-order chi connectivity index (χ0) is 10.3.